The average molecular weight is 492 g/mol. The first-order valence-corrected chi connectivity index (χ1v) is 14.1. The summed E-state index contributed by atoms with van der Waals surface area (Å²) in [7, 11) is 0. The molecule has 0 unspecified atom stereocenters. The van der Waals surface area contributed by atoms with Crippen LogP contribution in [0.2, 0.25) is 0 Å². The molecular formula is C28H36SiZr-4. The first-order chi connectivity index (χ1) is 13.4. The van der Waals surface area contributed by atoms with Crippen LogP contribution in [0.5, 0.6) is 0 Å². The van der Waals surface area contributed by atoms with Crippen molar-refractivity contribution in [2.24, 2.45) is 0 Å². The zero-order chi connectivity index (χ0) is 20.8. The molecule has 0 N–H and O–H groups in total. The molecule has 4 aromatic rings. The Morgan fingerprint density at radius 1 is 0.667 bits per heavy atom. The van der Waals surface area contributed by atoms with E-state index in [4.69, 9.17) is 0 Å². The van der Waals surface area contributed by atoms with E-state index >= 15 is 0 Å². The van der Waals surface area contributed by atoms with Gasteiger partial charge in [-0.15, -0.1) is 69.1 Å². The molecule has 0 heterocycles. The van der Waals surface area contributed by atoms with Gasteiger partial charge in [0.1, 0.15) is 0 Å². The topological polar surface area (TPSA) is 0 Å². The Labute approximate surface area is 202 Å². The molecule has 0 amide bonds. The summed E-state index contributed by atoms with van der Waals surface area (Å²) in [5.41, 5.74) is 5.66. The van der Waals surface area contributed by atoms with Crippen LogP contribution >= 0.6 is 0 Å². The Hall–Kier alpha value is -1.24. The van der Waals surface area contributed by atoms with Gasteiger partial charge >= 0.3 is 30.2 Å². The zero-order valence-corrected chi connectivity index (χ0v) is 23.4. The van der Waals surface area contributed by atoms with Gasteiger partial charge in [-0.3, -0.25) is 0 Å². The van der Waals surface area contributed by atoms with Crippen LogP contribution in [0.25, 0.3) is 21.5 Å². The second-order valence-corrected chi connectivity index (χ2v) is 8.08. The third kappa shape index (κ3) is 6.89. The molecule has 0 atom stereocenters. The molecule has 4 rings (SSSR count). The molecule has 4 aromatic carbocycles. The van der Waals surface area contributed by atoms with E-state index in [2.05, 4.69) is 109 Å². The predicted molar refractivity (Wildman–Crippen MR) is 135 cm³/mol. The van der Waals surface area contributed by atoms with Gasteiger partial charge in [-0.2, -0.15) is 12.1 Å². The van der Waals surface area contributed by atoms with Crippen molar-refractivity contribution in [1.29, 1.82) is 0 Å². The van der Waals surface area contributed by atoms with E-state index in [1.807, 2.05) is 0 Å². The predicted octanol–water partition coefficient (Wildman–Crippen LogP) is 8.50. The summed E-state index contributed by atoms with van der Waals surface area (Å²) in [4.78, 5) is 0. The van der Waals surface area contributed by atoms with Gasteiger partial charge in [-0.1, -0.05) is 64.8 Å². The van der Waals surface area contributed by atoms with Crippen LogP contribution in [0.4, 0.5) is 0 Å². The molecule has 0 aromatic heterocycles. The van der Waals surface area contributed by atoms with E-state index in [1.54, 1.807) is 0 Å². The fraction of sp³-hybridized carbons (Fsp3) is 0.286. The van der Waals surface area contributed by atoms with Crippen LogP contribution in [0.1, 0.15) is 61.8 Å². The van der Waals surface area contributed by atoms with Gasteiger partial charge in [0, 0.05) is 0 Å². The van der Waals surface area contributed by atoms with Crippen molar-refractivity contribution in [1.82, 2.24) is 0 Å². The standard InChI is InChI=1S/2C13H15.2CH3.Si.Zr/c2*1-9(2)12-6-4-5-11-7-10(3)8-13(11)12;;;;/h2*4-9H,1-3H3;2*1H3;;/q4*-1;;. The first-order valence-electron chi connectivity index (χ1n) is 9.93. The van der Waals surface area contributed by atoms with Gasteiger partial charge in [0.15, 0.2) is 0 Å². The number of aryl methyl sites for hydroxylation is 2. The van der Waals surface area contributed by atoms with Crippen molar-refractivity contribution in [3.05, 3.63) is 97.8 Å². The van der Waals surface area contributed by atoms with Crippen molar-refractivity contribution in [3.63, 3.8) is 0 Å². The van der Waals surface area contributed by atoms with Crippen molar-refractivity contribution in [2.45, 2.75) is 53.4 Å². The van der Waals surface area contributed by atoms with Gasteiger partial charge in [0.05, 0.1) is 0 Å². The second kappa shape index (κ2) is 13.2. The molecule has 30 heavy (non-hydrogen) atoms. The maximum absolute atomic E-state index is 3.06. The van der Waals surface area contributed by atoms with E-state index in [9.17, 15) is 0 Å². The average Bonchev–Trinajstić information content (AvgIpc) is 3.23. The Kier molecular flexibility index (Phi) is 12.7. The number of fused-ring (bicyclic) bond motifs is 2. The number of benzene rings is 2. The van der Waals surface area contributed by atoms with Gasteiger partial charge < -0.3 is 14.9 Å². The molecule has 160 valence electrons. The first kappa shape index (κ1) is 28.8. The Morgan fingerprint density at radius 3 is 1.30 bits per heavy atom. The van der Waals surface area contributed by atoms with E-state index in [-0.39, 0.29) is 14.9 Å². The molecule has 0 nitrogen and oxygen atoms in total. The van der Waals surface area contributed by atoms with Crippen molar-refractivity contribution in [2.75, 3.05) is 0 Å². The van der Waals surface area contributed by atoms with E-state index < -0.39 is 0 Å². The van der Waals surface area contributed by atoms with Gasteiger partial charge in [0.25, 0.3) is 0 Å². The molecule has 0 fully saturated rings. The van der Waals surface area contributed by atoms with Crippen LogP contribution in [0.3, 0.4) is 0 Å². The summed E-state index contributed by atoms with van der Waals surface area (Å²) in [6.45, 7) is 16.4. The molecule has 0 saturated carbocycles. The van der Waals surface area contributed by atoms with Crippen molar-refractivity contribution < 1.29 is 23.3 Å². The fourth-order valence-electron chi connectivity index (χ4n) is 3.82. The van der Waals surface area contributed by atoms with Crippen molar-refractivity contribution >= 4 is 28.4 Å². The minimum atomic E-state index is 0. The third-order valence-electron chi connectivity index (χ3n) is 5.10. The summed E-state index contributed by atoms with van der Waals surface area (Å²) < 4.78 is 0. The Bertz CT molecular complexity index is 949. The summed E-state index contributed by atoms with van der Waals surface area (Å²) in [5.74, 6) is 1.23. The number of hydrogen-bond donors (Lipinski definition) is 0. The molecule has 0 bridgehead atoms. The number of hydrogen-bond acceptors (Lipinski definition) is 0. The molecular weight excluding hydrogens is 456 g/mol. The van der Waals surface area contributed by atoms with Gasteiger partial charge in [-0.05, 0) is 11.8 Å². The molecule has 0 aliphatic heterocycles. The summed E-state index contributed by atoms with van der Waals surface area (Å²) in [5, 5.41) is 5.61. The SMILES string of the molecule is Cc1cc2c(C(C)C)cccc2[cH-]1.Cc1cc2c(C(C)C)cccc2[cH-]1.[CH3-].[CH3-].[Si]=[Zr]. The van der Waals surface area contributed by atoms with Crippen molar-refractivity contribution in [3.8, 4) is 0 Å². The number of rotatable bonds is 2. The third-order valence-corrected chi connectivity index (χ3v) is 5.10. The quantitative estimate of drug-likeness (QED) is 0.195. The monoisotopic (exact) mass is 490 g/mol. The zero-order valence-electron chi connectivity index (χ0n) is 19.9. The summed E-state index contributed by atoms with van der Waals surface area (Å²) in [6, 6.07) is 22.2. The molecule has 2 radical (unpaired) electrons. The molecule has 0 aliphatic rings. The normalized spacial score (nSPS) is 9.97. The van der Waals surface area contributed by atoms with Crippen LogP contribution in [0.15, 0.2) is 60.7 Å². The van der Waals surface area contributed by atoms with Crippen LogP contribution in [-0.4, -0.2) is 6.88 Å². The van der Waals surface area contributed by atoms with E-state index in [0.29, 0.717) is 11.8 Å². The Morgan fingerprint density at radius 2 is 1.00 bits per heavy atom. The molecule has 0 spiro atoms. The molecule has 0 aliphatic carbocycles. The van der Waals surface area contributed by atoms with Crippen LogP contribution in [-0.2, 0) is 23.3 Å². The van der Waals surface area contributed by atoms with Crippen LogP contribution < -0.4 is 0 Å². The van der Waals surface area contributed by atoms with Gasteiger partial charge in [0.2, 0.25) is 0 Å². The van der Waals surface area contributed by atoms with E-state index in [0.717, 1.165) is 0 Å². The molecule has 0 saturated heterocycles. The summed E-state index contributed by atoms with van der Waals surface area (Å²) in [6.07, 6.45) is 0. The fourth-order valence-corrected chi connectivity index (χ4v) is 3.82. The van der Waals surface area contributed by atoms with Crippen LogP contribution in [0, 0.1) is 28.7 Å². The summed E-state index contributed by atoms with van der Waals surface area (Å²) >= 11 is 1.36. The maximum atomic E-state index is 3.06. The van der Waals surface area contributed by atoms with E-state index in [1.165, 1.54) is 67.1 Å². The minimum absolute atomic E-state index is 0. The van der Waals surface area contributed by atoms with Gasteiger partial charge in [-0.25, -0.2) is 0 Å². The Balaban J connectivity index is 0.000000488. The second-order valence-electron chi connectivity index (χ2n) is 8.08. The molecule has 2 heteroatoms.